The Bertz CT molecular complexity index is 248. The molecular formula is C18H40NO6+. The third kappa shape index (κ3) is 16.9. The third-order valence-electron chi connectivity index (χ3n) is 3.92. The SMILES string of the molecule is CCC[N+](C)(CCOCCOCCOC)CCOCCOCCOC. The lowest BCUT2D eigenvalue weighted by molar-refractivity contribution is -0.910. The summed E-state index contributed by atoms with van der Waals surface area (Å²) < 4.78 is 33.0. The summed E-state index contributed by atoms with van der Waals surface area (Å²) in [6, 6.07) is 0. The molecule has 0 aromatic carbocycles. The first kappa shape index (κ1) is 24.7. The molecule has 0 atom stereocenters. The van der Waals surface area contributed by atoms with Crippen LogP contribution in [0.25, 0.3) is 0 Å². The summed E-state index contributed by atoms with van der Waals surface area (Å²) in [6.07, 6.45) is 1.15. The number of rotatable bonds is 20. The van der Waals surface area contributed by atoms with Gasteiger partial charge in [-0.2, -0.15) is 0 Å². The van der Waals surface area contributed by atoms with Crippen molar-refractivity contribution in [2.24, 2.45) is 0 Å². The highest BCUT2D eigenvalue weighted by Gasteiger charge is 2.19. The fourth-order valence-corrected chi connectivity index (χ4v) is 2.37. The van der Waals surface area contributed by atoms with Gasteiger partial charge in [0.2, 0.25) is 0 Å². The summed E-state index contributed by atoms with van der Waals surface area (Å²) in [6.45, 7) is 11.8. The van der Waals surface area contributed by atoms with Crippen molar-refractivity contribution in [2.75, 3.05) is 107 Å². The number of hydrogen-bond acceptors (Lipinski definition) is 6. The van der Waals surface area contributed by atoms with Gasteiger partial charge in [0.15, 0.2) is 0 Å². The fourth-order valence-electron chi connectivity index (χ4n) is 2.37. The van der Waals surface area contributed by atoms with Gasteiger partial charge >= 0.3 is 0 Å². The summed E-state index contributed by atoms with van der Waals surface area (Å²) in [4.78, 5) is 0. The van der Waals surface area contributed by atoms with Gasteiger partial charge in [-0.25, -0.2) is 0 Å². The van der Waals surface area contributed by atoms with E-state index in [0.29, 0.717) is 52.9 Å². The summed E-state index contributed by atoms with van der Waals surface area (Å²) in [5.41, 5.74) is 0. The van der Waals surface area contributed by atoms with E-state index in [9.17, 15) is 0 Å². The standard InChI is InChI=1S/C18H40NO6/c1-5-6-19(2,7-9-22-15-17-24-13-11-20-3)8-10-23-16-18-25-14-12-21-4/h5-18H2,1-4H3/q+1. The van der Waals surface area contributed by atoms with Gasteiger partial charge in [0, 0.05) is 14.2 Å². The second-order valence-electron chi connectivity index (χ2n) is 6.23. The molecule has 25 heavy (non-hydrogen) atoms. The molecule has 0 saturated carbocycles. The van der Waals surface area contributed by atoms with Crippen LogP contribution < -0.4 is 0 Å². The summed E-state index contributed by atoms with van der Waals surface area (Å²) in [5, 5.41) is 0. The normalized spacial score (nSPS) is 12.0. The van der Waals surface area contributed by atoms with Crippen molar-refractivity contribution >= 4 is 0 Å². The molecule has 0 aromatic heterocycles. The van der Waals surface area contributed by atoms with Gasteiger partial charge in [-0.15, -0.1) is 0 Å². The Morgan fingerprint density at radius 1 is 0.520 bits per heavy atom. The molecule has 0 aliphatic carbocycles. The lowest BCUT2D eigenvalue weighted by Gasteiger charge is -2.34. The average Bonchev–Trinajstić information content (AvgIpc) is 2.60. The molecule has 0 aliphatic heterocycles. The van der Waals surface area contributed by atoms with Crippen LogP contribution in [-0.2, 0) is 28.4 Å². The number of nitrogens with zero attached hydrogens (tertiary/aromatic N) is 1. The Balaban J connectivity index is 3.66. The van der Waals surface area contributed by atoms with E-state index >= 15 is 0 Å². The van der Waals surface area contributed by atoms with Gasteiger partial charge in [-0.1, -0.05) is 6.92 Å². The van der Waals surface area contributed by atoms with Gasteiger partial charge in [-0.3, -0.25) is 0 Å². The molecule has 0 fully saturated rings. The van der Waals surface area contributed by atoms with Crippen LogP contribution in [0.15, 0.2) is 0 Å². The molecule has 0 aromatic rings. The lowest BCUT2D eigenvalue weighted by atomic mass is 10.3. The largest absolute Gasteiger partial charge is 0.382 e. The van der Waals surface area contributed by atoms with Crippen LogP contribution in [0.4, 0.5) is 0 Å². The molecule has 0 heterocycles. The van der Waals surface area contributed by atoms with E-state index in [1.165, 1.54) is 0 Å². The minimum atomic E-state index is 0.618. The van der Waals surface area contributed by atoms with E-state index in [0.717, 1.165) is 43.8 Å². The zero-order valence-corrected chi connectivity index (χ0v) is 16.8. The highest BCUT2D eigenvalue weighted by molar-refractivity contribution is 4.42. The van der Waals surface area contributed by atoms with Crippen LogP contribution in [-0.4, -0.2) is 111 Å². The number of hydrogen-bond donors (Lipinski definition) is 0. The molecule has 0 bridgehead atoms. The van der Waals surface area contributed by atoms with Crippen LogP contribution in [0.5, 0.6) is 0 Å². The highest BCUT2D eigenvalue weighted by Crippen LogP contribution is 2.04. The molecule has 7 heteroatoms. The molecular weight excluding hydrogens is 326 g/mol. The minimum absolute atomic E-state index is 0.618. The van der Waals surface area contributed by atoms with Gasteiger partial charge in [0.25, 0.3) is 0 Å². The number of ether oxygens (including phenoxy) is 6. The van der Waals surface area contributed by atoms with Gasteiger partial charge in [-0.05, 0) is 6.42 Å². The molecule has 152 valence electrons. The number of quaternary nitrogens is 1. The predicted molar refractivity (Wildman–Crippen MR) is 98.1 cm³/mol. The van der Waals surface area contributed by atoms with Crippen molar-refractivity contribution in [3.63, 3.8) is 0 Å². The highest BCUT2D eigenvalue weighted by atomic mass is 16.5. The predicted octanol–water partition coefficient (Wildman–Crippen LogP) is 1.20. The van der Waals surface area contributed by atoms with Crippen LogP contribution in [0, 0.1) is 0 Å². The maximum atomic E-state index is 5.68. The van der Waals surface area contributed by atoms with Crippen molar-refractivity contribution < 1.29 is 32.9 Å². The van der Waals surface area contributed by atoms with Crippen LogP contribution in [0.1, 0.15) is 13.3 Å². The van der Waals surface area contributed by atoms with E-state index in [2.05, 4.69) is 14.0 Å². The Hall–Kier alpha value is -0.280. The molecule has 0 amide bonds. The summed E-state index contributed by atoms with van der Waals surface area (Å²) >= 11 is 0. The first-order chi connectivity index (χ1) is 12.2. The Morgan fingerprint density at radius 2 is 0.880 bits per heavy atom. The number of likely N-dealkylation sites (N-methyl/N-ethyl adjacent to an activating group) is 1. The third-order valence-corrected chi connectivity index (χ3v) is 3.92. The summed E-state index contributed by atoms with van der Waals surface area (Å²) in [5.74, 6) is 0. The van der Waals surface area contributed by atoms with E-state index in [4.69, 9.17) is 28.4 Å². The van der Waals surface area contributed by atoms with E-state index in [1.807, 2.05) is 0 Å². The van der Waals surface area contributed by atoms with Crippen LogP contribution >= 0.6 is 0 Å². The van der Waals surface area contributed by atoms with E-state index in [1.54, 1.807) is 14.2 Å². The molecule has 0 spiro atoms. The van der Waals surface area contributed by atoms with Crippen molar-refractivity contribution in [3.8, 4) is 0 Å². The lowest BCUT2D eigenvalue weighted by Crippen LogP contribution is -2.49. The number of methoxy groups -OCH3 is 2. The van der Waals surface area contributed by atoms with Crippen LogP contribution in [0.2, 0.25) is 0 Å². The molecule has 0 radical (unpaired) electrons. The molecule has 0 saturated heterocycles. The zero-order chi connectivity index (χ0) is 18.6. The summed E-state index contributed by atoms with van der Waals surface area (Å²) in [7, 11) is 5.61. The average molecular weight is 367 g/mol. The van der Waals surface area contributed by atoms with Crippen molar-refractivity contribution in [2.45, 2.75) is 13.3 Å². The van der Waals surface area contributed by atoms with Crippen molar-refractivity contribution in [1.82, 2.24) is 0 Å². The van der Waals surface area contributed by atoms with E-state index in [-0.39, 0.29) is 0 Å². The quantitative estimate of drug-likeness (QED) is 0.238. The molecule has 0 aliphatic rings. The second-order valence-corrected chi connectivity index (χ2v) is 6.23. The van der Waals surface area contributed by atoms with Crippen molar-refractivity contribution in [1.29, 1.82) is 0 Å². The Morgan fingerprint density at radius 3 is 1.24 bits per heavy atom. The molecule has 0 unspecified atom stereocenters. The maximum absolute atomic E-state index is 5.68. The molecule has 0 N–H and O–H groups in total. The fraction of sp³-hybridized carbons (Fsp3) is 1.00. The van der Waals surface area contributed by atoms with Crippen LogP contribution in [0.3, 0.4) is 0 Å². The second kappa shape index (κ2) is 18.5. The molecule has 0 rings (SSSR count). The minimum Gasteiger partial charge on any atom is -0.382 e. The smallest absolute Gasteiger partial charge is 0.102 e. The zero-order valence-electron chi connectivity index (χ0n) is 16.8. The maximum Gasteiger partial charge on any atom is 0.102 e. The van der Waals surface area contributed by atoms with Gasteiger partial charge < -0.3 is 32.9 Å². The van der Waals surface area contributed by atoms with Crippen molar-refractivity contribution in [3.05, 3.63) is 0 Å². The first-order valence-electron chi connectivity index (χ1n) is 9.31. The topological polar surface area (TPSA) is 55.4 Å². The van der Waals surface area contributed by atoms with Gasteiger partial charge in [0.1, 0.15) is 13.1 Å². The Labute approximate surface area is 154 Å². The monoisotopic (exact) mass is 366 g/mol. The Kier molecular flexibility index (Phi) is 18.3. The van der Waals surface area contributed by atoms with Gasteiger partial charge in [0.05, 0.1) is 79.7 Å². The first-order valence-corrected chi connectivity index (χ1v) is 9.31. The molecule has 7 nitrogen and oxygen atoms in total. The van der Waals surface area contributed by atoms with E-state index < -0.39 is 0 Å².